The van der Waals surface area contributed by atoms with Crippen molar-refractivity contribution in [2.45, 2.75) is 13.5 Å². The van der Waals surface area contributed by atoms with Gasteiger partial charge in [0, 0.05) is 32.6 Å². The van der Waals surface area contributed by atoms with Crippen molar-refractivity contribution in [1.29, 1.82) is 0 Å². The van der Waals surface area contributed by atoms with E-state index in [0.29, 0.717) is 17.2 Å². The topological polar surface area (TPSA) is 60.1 Å². The zero-order valence-corrected chi connectivity index (χ0v) is 12.2. The Hall–Kier alpha value is -2.81. The van der Waals surface area contributed by atoms with Gasteiger partial charge in [-0.2, -0.15) is 0 Å². The molecule has 2 aromatic heterocycles. The van der Waals surface area contributed by atoms with E-state index in [1.54, 1.807) is 37.1 Å². The molecular formula is C15H16N4O2. The summed E-state index contributed by atoms with van der Waals surface area (Å²) in [5, 5.41) is 0. The molecule has 2 heterocycles. The number of aryl methyl sites for hydroxylation is 1. The van der Waals surface area contributed by atoms with Crippen molar-refractivity contribution < 1.29 is 4.79 Å². The summed E-state index contributed by atoms with van der Waals surface area (Å²) in [7, 11) is 3.30. The van der Waals surface area contributed by atoms with Crippen LogP contribution in [0.25, 0.3) is 5.69 Å². The second-order valence-corrected chi connectivity index (χ2v) is 4.83. The van der Waals surface area contributed by atoms with Gasteiger partial charge >= 0.3 is 0 Å². The fraction of sp³-hybridized carbons (Fsp3) is 0.267. The van der Waals surface area contributed by atoms with Crippen LogP contribution in [0.15, 0.2) is 29.3 Å². The molecular weight excluding hydrogens is 268 g/mol. The van der Waals surface area contributed by atoms with E-state index in [0.717, 1.165) is 0 Å². The van der Waals surface area contributed by atoms with Gasteiger partial charge in [-0.05, 0) is 18.9 Å². The highest BCUT2D eigenvalue weighted by Gasteiger charge is 2.09. The summed E-state index contributed by atoms with van der Waals surface area (Å²) < 4.78 is 3.11. The third-order valence-electron chi connectivity index (χ3n) is 3.09. The molecule has 0 aromatic carbocycles. The number of rotatable bonds is 3. The van der Waals surface area contributed by atoms with Crippen LogP contribution in [-0.4, -0.2) is 39.0 Å². The van der Waals surface area contributed by atoms with Crippen LogP contribution in [0.3, 0.4) is 0 Å². The lowest BCUT2D eigenvalue weighted by Crippen LogP contribution is -2.31. The number of carbonyl (C=O) groups is 1. The standard InChI is InChI=1S/C15H16N4O2/c1-5-12-9-19(11(2)16-12)13-6-7-18(14(20)8-13)10-15(21)17(3)4/h1,6-9H,10H2,2-4H3. The van der Waals surface area contributed by atoms with E-state index in [-0.39, 0.29) is 18.0 Å². The van der Waals surface area contributed by atoms with Crippen LogP contribution in [-0.2, 0) is 11.3 Å². The quantitative estimate of drug-likeness (QED) is 0.767. The van der Waals surface area contributed by atoms with Gasteiger partial charge in [-0.15, -0.1) is 6.42 Å². The molecule has 0 aliphatic heterocycles. The van der Waals surface area contributed by atoms with E-state index in [4.69, 9.17) is 6.42 Å². The molecule has 0 unspecified atom stereocenters. The SMILES string of the molecule is C#Cc1cn(-c2ccn(CC(=O)N(C)C)c(=O)c2)c(C)n1. The largest absolute Gasteiger partial charge is 0.347 e. The van der Waals surface area contributed by atoms with Crippen molar-refractivity contribution >= 4 is 5.91 Å². The summed E-state index contributed by atoms with van der Waals surface area (Å²) in [5.74, 6) is 3.02. The van der Waals surface area contributed by atoms with Crippen LogP contribution in [0.2, 0.25) is 0 Å². The minimum Gasteiger partial charge on any atom is -0.347 e. The first-order valence-corrected chi connectivity index (χ1v) is 6.36. The highest BCUT2D eigenvalue weighted by Crippen LogP contribution is 2.10. The Morgan fingerprint density at radius 2 is 2.19 bits per heavy atom. The number of hydrogen-bond donors (Lipinski definition) is 0. The minimum absolute atomic E-state index is 0.0185. The molecule has 6 nitrogen and oxygen atoms in total. The number of carbonyl (C=O) groups excluding carboxylic acids is 1. The molecule has 0 aliphatic carbocycles. The van der Waals surface area contributed by atoms with Crippen molar-refractivity contribution in [3.63, 3.8) is 0 Å². The molecule has 0 spiro atoms. The lowest BCUT2D eigenvalue weighted by molar-refractivity contribution is -0.129. The van der Waals surface area contributed by atoms with E-state index in [1.807, 2.05) is 6.92 Å². The number of aromatic nitrogens is 3. The fourth-order valence-electron chi connectivity index (χ4n) is 1.87. The van der Waals surface area contributed by atoms with E-state index in [1.165, 1.54) is 15.5 Å². The van der Waals surface area contributed by atoms with E-state index >= 15 is 0 Å². The van der Waals surface area contributed by atoms with Crippen molar-refractivity contribution in [3.8, 4) is 18.0 Å². The van der Waals surface area contributed by atoms with Gasteiger partial charge in [-0.3, -0.25) is 9.59 Å². The number of hydrogen-bond acceptors (Lipinski definition) is 3. The number of amides is 1. The van der Waals surface area contributed by atoms with Crippen molar-refractivity contribution in [3.05, 3.63) is 46.4 Å². The molecule has 108 valence electrons. The van der Waals surface area contributed by atoms with Crippen molar-refractivity contribution in [2.75, 3.05) is 14.1 Å². The van der Waals surface area contributed by atoms with Crippen LogP contribution in [0.1, 0.15) is 11.5 Å². The normalized spacial score (nSPS) is 10.2. The second kappa shape index (κ2) is 5.67. The predicted octanol–water partition coefficient (Wildman–Crippen LogP) is 0.412. The molecule has 0 bridgehead atoms. The fourth-order valence-corrected chi connectivity index (χ4v) is 1.87. The van der Waals surface area contributed by atoms with E-state index < -0.39 is 0 Å². The van der Waals surface area contributed by atoms with Crippen LogP contribution in [0.5, 0.6) is 0 Å². The van der Waals surface area contributed by atoms with E-state index in [2.05, 4.69) is 10.9 Å². The van der Waals surface area contributed by atoms with Gasteiger partial charge in [-0.25, -0.2) is 4.98 Å². The maximum Gasteiger partial charge on any atom is 0.253 e. The first kappa shape index (κ1) is 14.6. The third kappa shape index (κ3) is 3.03. The van der Waals surface area contributed by atoms with Gasteiger partial charge in [0.05, 0.1) is 5.69 Å². The molecule has 0 atom stereocenters. The Bertz CT molecular complexity index is 778. The van der Waals surface area contributed by atoms with Crippen molar-refractivity contribution in [1.82, 2.24) is 19.0 Å². The molecule has 0 radical (unpaired) electrons. The lowest BCUT2D eigenvalue weighted by atomic mass is 10.3. The highest BCUT2D eigenvalue weighted by atomic mass is 16.2. The zero-order valence-electron chi connectivity index (χ0n) is 12.2. The number of terminal acetylenes is 1. The summed E-state index contributed by atoms with van der Waals surface area (Å²) in [5.41, 5.74) is 0.928. The third-order valence-corrected chi connectivity index (χ3v) is 3.09. The maximum atomic E-state index is 12.1. The smallest absolute Gasteiger partial charge is 0.253 e. The van der Waals surface area contributed by atoms with Gasteiger partial charge in [0.25, 0.3) is 5.56 Å². The Labute approximate surface area is 122 Å². The first-order valence-electron chi connectivity index (χ1n) is 6.36. The number of nitrogens with zero attached hydrogens (tertiary/aromatic N) is 4. The molecule has 2 aromatic rings. The molecule has 0 saturated heterocycles. The Kier molecular flexibility index (Phi) is 3.94. The number of imidazole rings is 1. The van der Waals surface area contributed by atoms with Crippen LogP contribution < -0.4 is 5.56 Å². The van der Waals surface area contributed by atoms with Crippen LogP contribution >= 0.6 is 0 Å². The van der Waals surface area contributed by atoms with Crippen molar-refractivity contribution in [2.24, 2.45) is 0 Å². The zero-order chi connectivity index (χ0) is 15.6. The molecule has 0 N–H and O–H groups in total. The summed E-state index contributed by atoms with van der Waals surface area (Å²) in [4.78, 5) is 29.4. The number of likely N-dealkylation sites (N-methyl/N-ethyl adjacent to an activating group) is 1. The Morgan fingerprint density at radius 3 is 2.71 bits per heavy atom. The monoisotopic (exact) mass is 284 g/mol. The molecule has 2 rings (SSSR count). The molecule has 0 fully saturated rings. The first-order chi connectivity index (χ1) is 9.92. The Balaban J connectivity index is 2.35. The van der Waals surface area contributed by atoms with Crippen LogP contribution in [0.4, 0.5) is 0 Å². The second-order valence-electron chi connectivity index (χ2n) is 4.83. The predicted molar refractivity (Wildman–Crippen MR) is 79.2 cm³/mol. The summed E-state index contributed by atoms with van der Waals surface area (Å²) in [6.45, 7) is 1.83. The summed E-state index contributed by atoms with van der Waals surface area (Å²) in [6.07, 6.45) is 8.60. The summed E-state index contributed by atoms with van der Waals surface area (Å²) in [6, 6.07) is 3.21. The number of pyridine rings is 1. The maximum absolute atomic E-state index is 12.1. The van der Waals surface area contributed by atoms with Gasteiger partial charge in [0.2, 0.25) is 5.91 Å². The lowest BCUT2D eigenvalue weighted by Gasteiger charge is -2.12. The molecule has 6 heteroatoms. The van der Waals surface area contributed by atoms with Gasteiger partial charge in [0.1, 0.15) is 18.1 Å². The molecule has 0 aliphatic rings. The molecule has 0 saturated carbocycles. The van der Waals surface area contributed by atoms with Gasteiger partial charge in [-0.1, -0.05) is 0 Å². The van der Waals surface area contributed by atoms with E-state index in [9.17, 15) is 9.59 Å². The van der Waals surface area contributed by atoms with Gasteiger partial charge in [0.15, 0.2) is 0 Å². The van der Waals surface area contributed by atoms with Gasteiger partial charge < -0.3 is 14.0 Å². The molecule has 1 amide bonds. The van der Waals surface area contributed by atoms with Crippen LogP contribution in [0, 0.1) is 19.3 Å². The highest BCUT2D eigenvalue weighted by molar-refractivity contribution is 5.75. The summed E-state index contributed by atoms with van der Waals surface area (Å²) >= 11 is 0. The Morgan fingerprint density at radius 1 is 1.48 bits per heavy atom. The molecule has 21 heavy (non-hydrogen) atoms. The average Bonchev–Trinajstić information content (AvgIpc) is 2.82. The minimum atomic E-state index is -0.252. The average molecular weight is 284 g/mol.